The van der Waals surface area contributed by atoms with Crippen LogP contribution in [0.25, 0.3) is 16.0 Å². The van der Waals surface area contributed by atoms with Crippen molar-refractivity contribution < 1.29 is 24.4 Å². The van der Waals surface area contributed by atoms with Gasteiger partial charge in [-0.05, 0) is 48.7 Å². The van der Waals surface area contributed by atoms with Crippen molar-refractivity contribution in [2.45, 2.75) is 19.9 Å². The van der Waals surface area contributed by atoms with Gasteiger partial charge in [0, 0.05) is 17.7 Å². The zero-order valence-corrected chi connectivity index (χ0v) is 20.9. The topological polar surface area (TPSA) is 123 Å². The lowest BCUT2D eigenvalue weighted by atomic mass is 9.95. The third-order valence-electron chi connectivity index (χ3n) is 6.21. The van der Waals surface area contributed by atoms with E-state index in [0.717, 1.165) is 15.8 Å². The van der Waals surface area contributed by atoms with Crippen LogP contribution in [-0.4, -0.2) is 33.8 Å². The molecule has 1 fully saturated rings. The molecule has 3 aromatic carbocycles. The number of aromatic nitrogens is 1. The van der Waals surface area contributed by atoms with E-state index < -0.39 is 28.4 Å². The molecule has 2 heterocycles. The Labute approximate surface area is 215 Å². The minimum atomic E-state index is -1.13. The Hall–Kier alpha value is -4.57. The van der Waals surface area contributed by atoms with Crippen LogP contribution < -0.4 is 9.64 Å². The molecule has 1 aromatic heterocycles. The lowest BCUT2D eigenvalue weighted by Gasteiger charge is -2.22. The van der Waals surface area contributed by atoms with Crippen LogP contribution in [-0.2, 0) is 9.59 Å². The first-order valence-electron chi connectivity index (χ1n) is 11.3. The number of carbonyl (C=O) groups is 2. The van der Waals surface area contributed by atoms with Gasteiger partial charge < -0.3 is 9.84 Å². The fraction of sp³-hybridized carbons (Fsp3) is 0.148. The van der Waals surface area contributed by atoms with Gasteiger partial charge in [0.2, 0.25) is 0 Å². The number of carbonyl (C=O) groups excluding carboxylic acids is 2. The van der Waals surface area contributed by atoms with Crippen LogP contribution in [0.3, 0.4) is 0 Å². The van der Waals surface area contributed by atoms with Gasteiger partial charge in [-0.1, -0.05) is 41.7 Å². The molecular weight excluding hydrogens is 494 g/mol. The largest absolute Gasteiger partial charge is 0.507 e. The molecule has 0 bridgehead atoms. The molecule has 1 atom stereocenters. The molecule has 10 heteroatoms. The number of benzene rings is 3. The Morgan fingerprint density at radius 2 is 1.86 bits per heavy atom. The number of anilines is 1. The number of aliphatic hydroxyl groups is 1. The van der Waals surface area contributed by atoms with E-state index in [1.165, 1.54) is 47.6 Å². The summed E-state index contributed by atoms with van der Waals surface area (Å²) >= 11 is 1.24. The zero-order valence-electron chi connectivity index (χ0n) is 20.1. The number of aryl methyl sites for hydroxylation is 2. The Kier molecular flexibility index (Phi) is 5.96. The van der Waals surface area contributed by atoms with Crippen molar-refractivity contribution in [1.29, 1.82) is 0 Å². The van der Waals surface area contributed by atoms with E-state index in [1.807, 2.05) is 26.0 Å². The number of nitro groups is 1. The molecule has 0 spiro atoms. The lowest BCUT2D eigenvalue weighted by molar-refractivity contribution is -0.384. The summed E-state index contributed by atoms with van der Waals surface area (Å²) in [7, 11) is 1.47. The molecule has 9 nitrogen and oxygen atoms in total. The van der Waals surface area contributed by atoms with Crippen LogP contribution in [0.2, 0.25) is 0 Å². The van der Waals surface area contributed by atoms with Gasteiger partial charge in [-0.25, -0.2) is 4.98 Å². The van der Waals surface area contributed by atoms with Gasteiger partial charge in [-0.3, -0.25) is 24.6 Å². The van der Waals surface area contributed by atoms with Crippen molar-refractivity contribution in [3.05, 3.63) is 98.6 Å². The summed E-state index contributed by atoms with van der Waals surface area (Å²) in [6.07, 6.45) is 0. The summed E-state index contributed by atoms with van der Waals surface area (Å²) in [4.78, 5) is 43.7. The number of Topliss-reactive ketones (excluding diaryl/α,β-unsaturated/α-hetero) is 1. The quantitative estimate of drug-likeness (QED) is 0.123. The highest BCUT2D eigenvalue weighted by molar-refractivity contribution is 7.22. The summed E-state index contributed by atoms with van der Waals surface area (Å²) in [5.41, 5.74) is 2.80. The molecule has 1 saturated heterocycles. The van der Waals surface area contributed by atoms with E-state index >= 15 is 0 Å². The van der Waals surface area contributed by atoms with Crippen molar-refractivity contribution in [2.24, 2.45) is 0 Å². The Morgan fingerprint density at radius 3 is 2.59 bits per heavy atom. The summed E-state index contributed by atoms with van der Waals surface area (Å²) < 4.78 is 6.07. The number of nitro benzene ring substituents is 1. The van der Waals surface area contributed by atoms with E-state index in [0.29, 0.717) is 16.8 Å². The standard InChI is InChI=1S/C27H21N3O6S/c1-14-10-15(2)22-20(11-14)37-27(28-22)29-23(16-6-4-8-18(12-16)30(34)35)21(25(32)26(29)33)24(31)17-7-5-9-19(13-17)36-3/h4-13,23,31H,1-3H3/t23-/m0/s1. The van der Waals surface area contributed by atoms with E-state index in [9.17, 15) is 24.8 Å². The van der Waals surface area contributed by atoms with Gasteiger partial charge in [-0.2, -0.15) is 0 Å². The van der Waals surface area contributed by atoms with Crippen LogP contribution >= 0.6 is 11.3 Å². The summed E-state index contributed by atoms with van der Waals surface area (Å²) in [6, 6.07) is 14.9. The number of hydrogen-bond donors (Lipinski definition) is 1. The normalized spacial score (nSPS) is 16.9. The monoisotopic (exact) mass is 515 g/mol. The number of hydrogen-bond acceptors (Lipinski definition) is 8. The molecule has 5 rings (SSSR count). The molecule has 0 aliphatic carbocycles. The maximum absolute atomic E-state index is 13.4. The Bertz CT molecular complexity index is 1640. The predicted molar refractivity (Wildman–Crippen MR) is 140 cm³/mol. The van der Waals surface area contributed by atoms with E-state index in [2.05, 4.69) is 4.98 Å². The summed E-state index contributed by atoms with van der Waals surface area (Å²) in [5, 5.41) is 23.1. The number of aliphatic hydroxyl groups excluding tert-OH is 1. The second kappa shape index (κ2) is 9.14. The molecule has 1 N–H and O–H groups in total. The number of ether oxygens (including phenoxy) is 1. The van der Waals surface area contributed by atoms with Crippen molar-refractivity contribution >= 4 is 49.8 Å². The fourth-order valence-corrected chi connectivity index (χ4v) is 5.71. The predicted octanol–water partition coefficient (Wildman–Crippen LogP) is 5.46. The number of rotatable bonds is 5. The molecule has 0 unspecified atom stereocenters. The van der Waals surface area contributed by atoms with Crippen molar-refractivity contribution in [2.75, 3.05) is 12.0 Å². The minimum Gasteiger partial charge on any atom is -0.507 e. The van der Waals surface area contributed by atoms with Gasteiger partial charge >= 0.3 is 5.91 Å². The number of amides is 1. The van der Waals surface area contributed by atoms with Crippen LogP contribution in [0.4, 0.5) is 10.8 Å². The second-order valence-corrected chi connectivity index (χ2v) is 9.69. The van der Waals surface area contributed by atoms with Crippen LogP contribution in [0.5, 0.6) is 5.75 Å². The van der Waals surface area contributed by atoms with E-state index in [-0.39, 0.29) is 22.0 Å². The van der Waals surface area contributed by atoms with Crippen molar-refractivity contribution in [1.82, 2.24) is 4.98 Å². The zero-order chi connectivity index (χ0) is 26.4. The molecule has 186 valence electrons. The number of methoxy groups -OCH3 is 1. The van der Waals surface area contributed by atoms with Gasteiger partial charge in [0.25, 0.3) is 11.5 Å². The molecular formula is C27H21N3O6S. The summed E-state index contributed by atoms with van der Waals surface area (Å²) in [5.74, 6) is -1.76. The number of non-ortho nitro benzene ring substituents is 1. The number of thiazole rings is 1. The first kappa shape index (κ1) is 24.1. The van der Waals surface area contributed by atoms with Gasteiger partial charge in [0.1, 0.15) is 11.5 Å². The highest BCUT2D eigenvalue weighted by Crippen LogP contribution is 2.45. The highest BCUT2D eigenvalue weighted by Gasteiger charge is 2.48. The third kappa shape index (κ3) is 4.11. The molecule has 1 amide bonds. The third-order valence-corrected chi connectivity index (χ3v) is 7.21. The number of fused-ring (bicyclic) bond motifs is 1. The number of nitrogens with zero attached hydrogens (tertiary/aromatic N) is 3. The molecule has 0 saturated carbocycles. The van der Waals surface area contributed by atoms with Gasteiger partial charge in [0.05, 0.1) is 33.9 Å². The lowest BCUT2D eigenvalue weighted by Crippen LogP contribution is -2.29. The maximum atomic E-state index is 13.4. The summed E-state index contributed by atoms with van der Waals surface area (Å²) in [6.45, 7) is 3.86. The highest BCUT2D eigenvalue weighted by atomic mass is 32.1. The Morgan fingerprint density at radius 1 is 1.11 bits per heavy atom. The van der Waals surface area contributed by atoms with Crippen LogP contribution in [0.1, 0.15) is 28.3 Å². The minimum absolute atomic E-state index is 0.189. The number of ketones is 1. The van der Waals surface area contributed by atoms with Crippen LogP contribution in [0, 0.1) is 24.0 Å². The van der Waals surface area contributed by atoms with Crippen LogP contribution in [0.15, 0.2) is 66.2 Å². The Balaban J connectivity index is 1.76. The first-order chi connectivity index (χ1) is 17.7. The van der Waals surface area contributed by atoms with Crippen molar-refractivity contribution in [3.8, 4) is 5.75 Å². The molecule has 1 aliphatic heterocycles. The van der Waals surface area contributed by atoms with E-state index in [4.69, 9.17) is 4.74 Å². The average molecular weight is 516 g/mol. The SMILES string of the molecule is COc1cccc(C(O)=C2C(=O)C(=O)N(c3nc4c(C)cc(C)cc4s3)[C@H]2c2cccc([N+](=O)[O-])c2)c1. The first-order valence-corrected chi connectivity index (χ1v) is 12.1. The molecule has 0 radical (unpaired) electrons. The molecule has 1 aliphatic rings. The maximum Gasteiger partial charge on any atom is 0.301 e. The van der Waals surface area contributed by atoms with Gasteiger partial charge in [-0.15, -0.1) is 0 Å². The second-order valence-electron chi connectivity index (χ2n) is 8.68. The molecule has 37 heavy (non-hydrogen) atoms. The van der Waals surface area contributed by atoms with Crippen molar-refractivity contribution in [3.63, 3.8) is 0 Å². The fourth-order valence-electron chi connectivity index (χ4n) is 4.54. The molecule has 4 aromatic rings. The van der Waals surface area contributed by atoms with Gasteiger partial charge in [0.15, 0.2) is 5.13 Å². The average Bonchev–Trinajstić information content (AvgIpc) is 3.42. The van der Waals surface area contributed by atoms with E-state index in [1.54, 1.807) is 24.3 Å². The smallest absolute Gasteiger partial charge is 0.301 e.